The van der Waals surface area contributed by atoms with Crippen LogP contribution in [0.5, 0.6) is 5.88 Å². The molecule has 1 unspecified atom stereocenters. The van der Waals surface area contributed by atoms with E-state index >= 15 is 0 Å². The van der Waals surface area contributed by atoms with E-state index in [1.807, 2.05) is 19.3 Å². The van der Waals surface area contributed by atoms with Crippen molar-refractivity contribution in [3.05, 3.63) is 23.9 Å². The van der Waals surface area contributed by atoms with Gasteiger partial charge in [-0.05, 0) is 18.4 Å². The average Bonchev–Trinajstić information content (AvgIpc) is 2.61. The molecule has 0 amide bonds. The van der Waals surface area contributed by atoms with Gasteiger partial charge in [0.25, 0.3) is 0 Å². The Morgan fingerprint density at radius 1 is 1.46 bits per heavy atom. The number of hydrogen-bond donors (Lipinski definition) is 1. The first-order chi connectivity index (χ1) is 11.3. The molecule has 1 N–H and O–H groups in total. The number of aromatic nitrogens is 1. The second-order valence-electron chi connectivity index (χ2n) is 5.60. The second kappa shape index (κ2) is 11.8. The van der Waals surface area contributed by atoms with Crippen LogP contribution in [0.15, 0.2) is 23.3 Å². The molecule has 2 heterocycles. The minimum atomic E-state index is 0. The highest BCUT2D eigenvalue weighted by atomic mass is 127. The summed E-state index contributed by atoms with van der Waals surface area (Å²) < 4.78 is 5.51. The van der Waals surface area contributed by atoms with E-state index < -0.39 is 0 Å². The SMILES string of the molecule is CCCOc1ccc(CNC(=NC)N2CCSC(CC)C2)cn1.I. The molecule has 0 spiro atoms. The Kier molecular flexibility index (Phi) is 10.5. The van der Waals surface area contributed by atoms with Gasteiger partial charge in [0.05, 0.1) is 6.61 Å². The monoisotopic (exact) mass is 464 g/mol. The summed E-state index contributed by atoms with van der Waals surface area (Å²) >= 11 is 2.07. The molecule has 0 aliphatic carbocycles. The van der Waals surface area contributed by atoms with Crippen LogP contribution in [0.3, 0.4) is 0 Å². The Morgan fingerprint density at radius 2 is 2.29 bits per heavy atom. The number of rotatable bonds is 6. The maximum Gasteiger partial charge on any atom is 0.213 e. The highest BCUT2D eigenvalue weighted by molar-refractivity contribution is 14.0. The van der Waals surface area contributed by atoms with Crippen LogP contribution in [0.25, 0.3) is 0 Å². The minimum absolute atomic E-state index is 0. The molecule has 1 aliphatic rings. The van der Waals surface area contributed by atoms with Gasteiger partial charge in [-0.15, -0.1) is 24.0 Å². The zero-order valence-electron chi connectivity index (χ0n) is 14.8. The standard InChI is InChI=1S/C17H28N4OS.HI/c1-4-9-22-16-7-6-14(11-19-16)12-20-17(18-3)21-8-10-23-15(5-2)13-21;/h6-7,11,15H,4-5,8-10,12-13H2,1-3H3,(H,18,20);1H. The number of hydrogen-bond acceptors (Lipinski definition) is 4. The third kappa shape index (κ3) is 6.66. The van der Waals surface area contributed by atoms with Crippen molar-refractivity contribution >= 4 is 41.7 Å². The van der Waals surface area contributed by atoms with Crippen LogP contribution in [-0.2, 0) is 6.54 Å². The molecule has 1 aromatic rings. The molecule has 1 atom stereocenters. The van der Waals surface area contributed by atoms with Crippen LogP contribution in [0.2, 0.25) is 0 Å². The maximum absolute atomic E-state index is 5.51. The average molecular weight is 464 g/mol. The second-order valence-corrected chi connectivity index (χ2v) is 7.01. The molecule has 24 heavy (non-hydrogen) atoms. The van der Waals surface area contributed by atoms with Crippen LogP contribution >= 0.6 is 35.7 Å². The number of pyridine rings is 1. The lowest BCUT2D eigenvalue weighted by molar-refractivity contribution is 0.305. The lowest BCUT2D eigenvalue weighted by Gasteiger charge is -2.34. The van der Waals surface area contributed by atoms with Crippen LogP contribution in [0.4, 0.5) is 0 Å². The smallest absolute Gasteiger partial charge is 0.213 e. The molecule has 1 aliphatic heterocycles. The van der Waals surface area contributed by atoms with Gasteiger partial charge in [-0.3, -0.25) is 4.99 Å². The van der Waals surface area contributed by atoms with Crippen molar-refractivity contribution in [3.63, 3.8) is 0 Å². The Hall–Kier alpha value is -0.700. The highest BCUT2D eigenvalue weighted by Crippen LogP contribution is 2.21. The summed E-state index contributed by atoms with van der Waals surface area (Å²) in [5.74, 6) is 2.85. The first kappa shape index (κ1) is 21.3. The Labute approximate surface area is 167 Å². The van der Waals surface area contributed by atoms with Crippen LogP contribution < -0.4 is 10.1 Å². The third-order valence-electron chi connectivity index (χ3n) is 3.81. The fourth-order valence-corrected chi connectivity index (χ4v) is 3.66. The maximum atomic E-state index is 5.51. The van der Waals surface area contributed by atoms with Gasteiger partial charge in [-0.1, -0.05) is 19.9 Å². The summed E-state index contributed by atoms with van der Waals surface area (Å²) in [6, 6.07) is 3.99. The lowest BCUT2D eigenvalue weighted by Crippen LogP contribution is -2.47. The van der Waals surface area contributed by atoms with Crippen molar-refractivity contribution < 1.29 is 4.74 Å². The van der Waals surface area contributed by atoms with E-state index in [0.717, 1.165) is 37.6 Å². The lowest BCUT2D eigenvalue weighted by atomic mass is 10.3. The van der Waals surface area contributed by atoms with E-state index in [9.17, 15) is 0 Å². The topological polar surface area (TPSA) is 49.8 Å². The van der Waals surface area contributed by atoms with Crippen molar-refractivity contribution in [1.82, 2.24) is 15.2 Å². The number of thioether (sulfide) groups is 1. The molecule has 0 saturated carbocycles. The molecule has 0 radical (unpaired) electrons. The van der Waals surface area contributed by atoms with Gasteiger partial charge in [0.15, 0.2) is 5.96 Å². The number of nitrogens with one attached hydrogen (secondary N) is 1. The number of ether oxygens (including phenoxy) is 1. The van der Waals surface area contributed by atoms with Gasteiger partial charge in [-0.25, -0.2) is 4.98 Å². The van der Waals surface area contributed by atoms with Crippen molar-refractivity contribution in [2.45, 2.75) is 38.5 Å². The molecule has 1 saturated heterocycles. The van der Waals surface area contributed by atoms with E-state index in [-0.39, 0.29) is 24.0 Å². The predicted molar refractivity (Wildman–Crippen MR) is 114 cm³/mol. The van der Waals surface area contributed by atoms with Crippen molar-refractivity contribution in [2.24, 2.45) is 4.99 Å². The third-order valence-corrected chi connectivity index (χ3v) is 5.18. The number of halogens is 1. The van der Waals surface area contributed by atoms with Gasteiger partial charge in [0.2, 0.25) is 5.88 Å². The summed E-state index contributed by atoms with van der Waals surface area (Å²) in [7, 11) is 1.85. The van der Waals surface area contributed by atoms with Crippen molar-refractivity contribution in [2.75, 3.05) is 32.5 Å². The molecule has 7 heteroatoms. The molecule has 5 nitrogen and oxygen atoms in total. The first-order valence-electron chi connectivity index (χ1n) is 8.41. The van der Waals surface area contributed by atoms with Gasteiger partial charge < -0.3 is 15.0 Å². The summed E-state index contributed by atoms with van der Waals surface area (Å²) in [5, 5.41) is 4.16. The summed E-state index contributed by atoms with van der Waals surface area (Å²) in [5.41, 5.74) is 1.13. The van der Waals surface area contributed by atoms with E-state index in [0.29, 0.717) is 17.7 Å². The zero-order chi connectivity index (χ0) is 16.5. The van der Waals surface area contributed by atoms with Crippen LogP contribution in [-0.4, -0.2) is 53.6 Å². The van der Waals surface area contributed by atoms with Gasteiger partial charge >= 0.3 is 0 Å². The molecular formula is C17H29IN4OS. The van der Waals surface area contributed by atoms with Gasteiger partial charge in [-0.2, -0.15) is 11.8 Å². The fraction of sp³-hybridized carbons (Fsp3) is 0.647. The van der Waals surface area contributed by atoms with E-state index in [4.69, 9.17) is 4.74 Å². The van der Waals surface area contributed by atoms with E-state index in [2.05, 4.69) is 51.9 Å². The number of nitrogens with zero attached hydrogens (tertiary/aromatic N) is 3. The van der Waals surface area contributed by atoms with Crippen LogP contribution in [0, 0.1) is 0 Å². The van der Waals surface area contributed by atoms with E-state index in [1.54, 1.807) is 0 Å². The Balaban J connectivity index is 0.00000288. The summed E-state index contributed by atoms with van der Waals surface area (Å²) in [6.45, 7) is 7.92. The molecule has 0 aromatic carbocycles. The number of aliphatic imine (C=N–C) groups is 1. The molecule has 1 fully saturated rings. The van der Waals surface area contributed by atoms with Crippen LogP contribution in [0.1, 0.15) is 32.3 Å². The fourth-order valence-electron chi connectivity index (χ4n) is 2.48. The Morgan fingerprint density at radius 3 is 2.92 bits per heavy atom. The van der Waals surface area contributed by atoms with E-state index in [1.165, 1.54) is 12.2 Å². The summed E-state index contributed by atoms with van der Waals surface area (Å²) in [6.07, 6.45) is 4.07. The quantitative estimate of drug-likeness (QED) is 0.398. The largest absolute Gasteiger partial charge is 0.478 e. The van der Waals surface area contributed by atoms with Gasteiger partial charge in [0, 0.05) is 49.9 Å². The molecular weight excluding hydrogens is 435 g/mol. The van der Waals surface area contributed by atoms with Gasteiger partial charge in [0.1, 0.15) is 0 Å². The molecule has 1 aromatic heterocycles. The normalized spacial score (nSPS) is 18.0. The van der Waals surface area contributed by atoms with Crippen molar-refractivity contribution in [3.8, 4) is 5.88 Å². The predicted octanol–water partition coefficient (Wildman–Crippen LogP) is 3.39. The zero-order valence-corrected chi connectivity index (χ0v) is 18.0. The molecule has 2 rings (SSSR count). The van der Waals surface area contributed by atoms with Crippen molar-refractivity contribution in [1.29, 1.82) is 0 Å². The minimum Gasteiger partial charge on any atom is -0.478 e. The Bertz CT molecular complexity index is 498. The molecule has 0 bridgehead atoms. The molecule has 136 valence electrons. The first-order valence-corrected chi connectivity index (χ1v) is 9.46. The summed E-state index contributed by atoms with van der Waals surface area (Å²) in [4.78, 5) is 11.1. The number of guanidine groups is 1. The highest BCUT2D eigenvalue weighted by Gasteiger charge is 2.21.